The van der Waals surface area contributed by atoms with Gasteiger partial charge in [0.05, 0.1) is 11.6 Å². The van der Waals surface area contributed by atoms with E-state index in [1.165, 1.54) is 17.6 Å². The van der Waals surface area contributed by atoms with Crippen molar-refractivity contribution < 1.29 is 9.90 Å². The number of nitrogens with one attached hydrogen (secondary N) is 2. The first-order chi connectivity index (χ1) is 18.0. The van der Waals surface area contributed by atoms with Crippen molar-refractivity contribution in [2.24, 2.45) is 0 Å². The number of allylic oxidation sites excluding steroid dienone is 6. The SMILES string of the molecule is C1=CC2=CC=C1C2.Cc1cc(Nc2cccc(C(=O)NCCN3CCC(O)CC3)c2)c2ccccc2n1. The first kappa shape index (κ1) is 24.9. The molecule has 6 heteroatoms. The molecule has 3 aromatic rings. The number of hydrogen-bond donors (Lipinski definition) is 3. The molecule has 2 aromatic carbocycles. The van der Waals surface area contributed by atoms with Crippen LogP contribution in [0.3, 0.4) is 0 Å². The Morgan fingerprint density at radius 1 is 1.03 bits per heavy atom. The van der Waals surface area contributed by atoms with Gasteiger partial charge in [0.25, 0.3) is 5.91 Å². The van der Waals surface area contributed by atoms with Crippen molar-refractivity contribution >= 4 is 28.2 Å². The molecule has 1 aromatic heterocycles. The third-order valence-corrected chi connectivity index (χ3v) is 6.95. The number of fused-ring (bicyclic) bond motifs is 3. The second kappa shape index (κ2) is 11.5. The highest BCUT2D eigenvalue weighted by Gasteiger charge is 2.16. The quantitative estimate of drug-likeness (QED) is 0.434. The number of carbonyl (C=O) groups is 1. The molecule has 2 bridgehead atoms. The van der Waals surface area contributed by atoms with Crippen LogP contribution in [0.2, 0.25) is 0 Å². The van der Waals surface area contributed by atoms with E-state index in [-0.39, 0.29) is 12.0 Å². The molecule has 0 atom stereocenters. The van der Waals surface area contributed by atoms with E-state index in [1.54, 1.807) is 0 Å². The Morgan fingerprint density at radius 3 is 2.49 bits per heavy atom. The summed E-state index contributed by atoms with van der Waals surface area (Å²) in [6.45, 7) is 5.15. The van der Waals surface area contributed by atoms with Gasteiger partial charge >= 0.3 is 0 Å². The Labute approximate surface area is 218 Å². The molecule has 0 radical (unpaired) electrons. The molecule has 3 N–H and O–H groups in total. The number of amides is 1. The topological polar surface area (TPSA) is 77.5 Å². The first-order valence-electron chi connectivity index (χ1n) is 13.0. The van der Waals surface area contributed by atoms with Crippen LogP contribution in [0, 0.1) is 6.92 Å². The average molecular weight is 495 g/mol. The number of carbonyl (C=O) groups excluding carboxylic acids is 1. The van der Waals surface area contributed by atoms with Crippen LogP contribution in [0.5, 0.6) is 0 Å². The van der Waals surface area contributed by atoms with E-state index in [4.69, 9.17) is 0 Å². The number of likely N-dealkylation sites (tertiary alicyclic amines) is 1. The van der Waals surface area contributed by atoms with Crippen molar-refractivity contribution in [2.75, 3.05) is 31.5 Å². The third kappa shape index (κ3) is 6.53. The fourth-order valence-electron chi connectivity index (χ4n) is 4.89. The van der Waals surface area contributed by atoms with Crippen LogP contribution in [-0.2, 0) is 0 Å². The molecule has 0 saturated carbocycles. The van der Waals surface area contributed by atoms with Crippen LogP contribution in [0.1, 0.15) is 35.3 Å². The number of benzene rings is 2. The number of aliphatic hydroxyl groups excluding tert-OH is 1. The summed E-state index contributed by atoms with van der Waals surface area (Å²) in [4.78, 5) is 19.5. The van der Waals surface area contributed by atoms with E-state index in [0.717, 1.165) is 60.4 Å². The molecule has 1 aliphatic heterocycles. The highest BCUT2D eigenvalue weighted by Crippen LogP contribution is 2.28. The molecular weight excluding hydrogens is 460 g/mol. The van der Waals surface area contributed by atoms with Gasteiger partial charge < -0.3 is 20.6 Å². The predicted octanol–water partition coefficient (Wildman–Crippen LogP) is 5.29. The van der Waals surface area contributed by atoms with Crippen LogP contribution in [0.15, 0.2) is 90.0 Å². The van der Waals surface area contributed by atoms with Crippen LogP contribution >= 0.6 is 0 Å². The minimum atomic E-state index is -0.174. The number of hydrogen-bond acceptors (Lipinski definition) is 5. The minimum Gasteiger partial charge on any atom is -0.393 e. The van der Waals surface area contributed by atoms with Gasteiger partial charge in [0, 0.05) is 54.2 Å². The zero-order valence-electron chi connectivity index (χ0n) is 21.3. The molecule has 2 heterocycles. The van der Waals surface area contributed by atoms with Gasteiger partial charge in [0.1, 0.15) is 0 Å². The van der Waals surface area contributed by atoms with Gasteiger partial charge in [-0.25, -0.2) is 0 Å². The fourth-order valence-corrected chi connectivity index (χ4v) is 4.89. The largest absolute Gasteiger partial charge is 0.393 e. The summed E-state index contributed by atoms with van der Waals surface area (Å²) in [6.07, 6.45) is 11.3. The summed E-state index contributed by atoms with van der Waals surface area (Å²) in [5, 5.41) is 17.1. The number of rotatable bonds is 6. The molecule has 190 valence electrons. The summed E-state index contributed by atoms with van der Waals surface area (Å²) in [5.74, 6) is -0.0774. The zero-order valence-corrected chi connectivity index (χ0v) is 21.3. The summed E-state index contributed by atoms with van der Waals surface area (Å²) in [5.41, 5.74) is 7.29. The van der Waals surface area contributed by atoms with Gasteiger partial charge in [-0.1, -0.05) is 48.6 Å². The maximum Gasteiger partial charge on any atom is 0.251 e. The van der Waals surface area contributed by atoms with Gasteiger partial charge in [-0.3, -0.25) is 9.78 Å². The number of aliphatic hydroxyl groups is 1. The molecule has 0 unspecified atom stereocenters. The molecule has 1 fully saturated rings. The lowest BCUT2D eigenvalue weighted by atomic mass is 10.1. The van der Waals surface area contributed by atoms with Crippen LogP contribution in [-0.4, -0.2) is 53.2 Å². The van der Waals surface area contributed by atoms with Gasteiger partial charge in [0.2, 0.25) is 0 Å². The predicted molar refractivity (Wildman–Crippen MR) is 150 cm³/mol. The molecule has 6 nitrogen and oxygen atoms in total. The molecule has 0 spiro atoms. The summed E-state index contributed by atoms with van der Waals surface area (Å²) < 4.78 is 0. The maximum atomic E-state index is 12.6. The number of pyridine rings is 1. The van der Waals surface area contributed by atoms with Crippen molar-refractivity contribution in [2.45, 2.75) is 32.3 Å². The number of aromatic nitrogens is 1. The summed E-state index contributed by atoms with van der Waals surface area (Å²) in [7, 11) is 0. The molecule has 1 amide bonds. The minimum absolute atomic E-state index is 0.0774. The first-order valence-corrected chi connectivity index (χ1v) is 13.0. The molecular formula is C31H34N4O2. The van der Waals surface area contributed by atoms with E-state index in [2.05, 4.69) is 44.8 Å². The maximum absolute atomic E-state index is 12.6. The Kier molecular flexibility index (Phi) is 7.78. The standard InChI is InChI=1S/C24H28N4O2.C7H6/c1-17-15-23(21-7-2-3-8-22(21)26-17)27-19-6-4-5-18(16-19)24(30)25-11-14-28-12-9-20(29)10-13-28;1-2-7-4-3-6(1)5-7/h2-8,15-16,20,29H,9-14H2,1H3,(H,25,30)(H,26,27);1-4H,5H2. The normalized spacial score (nSPS) is 16.7. The van der Waals surface area contributed by atoms with Gasteiger partial charge in [0.15, 0.2) is 0 Å². The number of anilines is 2. The highest BCUT2D eigenvalue weighted by molar-refractivity contribution is 5.96. The summed E-state index contributed by atoms with van der Waals surface area (Å²) in [6, 6.07) is 17.6. The molecule has 37 heavy (non-hydrogen) atoms. The van der Waals surface area contributed by atoms with Crippen LogP contribution in [0.4, 0.5) is 11.4 Å². The van der Waals surface area contributed by atoms with Crippen molar-refractivity contribution in [3.63, 3.8) is 0 Å². The second-order valence-corrected chi connectivity index (χ2v) is 9.86. The molecule has 2 aliphatic carbocycles. The lowest BCUT2D eigenvalue weighted by Crippen LogP contribution is -2.40. The van der Waals surface area contributed by atoms with E-state index < -0.39 is 0 Å². The van der Waals surface area contributed by atoms with E-state index in [1.807, 2.05) is 61.5 Å². The summed E-state index contributed by atoms with van der Waals surface area (Å²) >= 11 is 0. The van der Waals surface area contributed by atoms with Crippen LogP contribution < -0.4 is 10.6 Å². The number of aryl methyl sites for hydroxylation is 1. The molecule has 1 saturated heterocycles. The second-order valence-electron chi connectivity index (χ2n) is 9.86. The van der Waals surface area contributed by atoms with Gasteiger partial charge in [-0.15, -0.1) is 0 Å². The Balaban J connectivity index is 0.000000340. The monoisotopic (exact) mass is 494 g/mol. The van der Waals surface area contributed by atoms with Crippen molar-refractivity contribution in [1.82, 2.24) is 15.2 Å². The fraction of sp³-hybridized carbons (Fsp3) is 0.290. The van der Waals surface area contributed by atoms with E-state index in [0.29, 0.717) is 12.1 Å². The van der Waals surface area contributed by atoms with Gasteiger partial charge in [-0.2, -0.15) is 0 Å². The van der Waals surface area contributed by atoms with Gasteiger partial charge in [-0.05, 0) is 67.7 Å². The number of nitrogens with zero attached hydrogens (tertiary/aromatic N) is 2. The highest BCUT2D eigenvalue weighted by atomic mass is 16.3. The molecule has 3 aliphatic rings. The van der Waals surface area contributed by atoms with E-state index in [9.17, 15) is 9.90 Å². The zero-order chi connectivity index (χ0) is 25.6. The third-order valence-electron chi connectivity index (χ3n) is 6.95. The number of para-hydroxylation sites is 1. The lowest BCUT2D eigenvalue weighted by molar-refractivity contribution is 0.0804. The van der Waals surface area contributed by atoms with Crippen molar-refractivity contribution in [1.29, 1.82) is 0 Å². The Hall–Kier alpha value is -3.74. The van der Waals surface area contributed by atoms with E-state index >= 15 is 0 Å². The number of piperidine rings is 1. The van der Waals surface area contributed by atoms with Crippen molar-refractivity contribution in [3.8, 4) is 0 Å². The lowest BCUT2D eigenvalue weighted by Gasteiger charge is -2.29. The molecule has 6 rings (SSSR count). The van der Waals surface area contributed by atoms with Crippen molar-refractivity contribution in [3.05, 3.63) is 101 Å². The smallest absolute Gasteiger partial charge is 0.251 e. The average Bonchev–Trinajstić information content (AvgIpc) is 3.57. The Bertz CT molecular complexity index is 1350. The van der Waals surface area contributed by atoms with Crippen LogP contribution in [0.25, 0.3) is 10.9 Å². The Morgan fingerprint density at radius 2 is 1.78 bits per heavy atom.